The maximum atomic E-state index is 12.5. The Morgan fingerprint density at radius 2 is 1.71 bits per heavy atom. The predicted octanol–water partition coefficient (Wildman–Crippen LogP) is 2.45. The van der Waals surface area contributed by atoms with Gasteiger partial charge in [0.15, 0.2) is 0 Å². The molecule has 0 saturated carbocycles. The second-order valence-corrected chi connectivity index (χ2v) is 7.14. The van der Waals surface area contributed by atoms with Crippen molar-refractivity contribution in [3.05, 3.63) is 65.7 Å². The molecule has 0 amide bonds. The smallest absolute Gasteiger partial charge is 0.324 e. The fraction of sp³-hybridized carbons (Fsp3) is 0.278. The van der Waals surface area contributed by atoms with E-state index in [4.69, 9.17) is 4.74 Å². The monoisotopic (exact) mass is 347 g/mol. The summed E-state index contributed by atoms with van der Waals surface area (Å²) >= 11 is 0. The molecule has 1 atom stereocenters. The van der Waals surface area contributed by atoms with E-state index in [2.05, 4.69) is 4.72 Å². The Morgan fingerprint density at radius 1 is 1.08 bits per heavy atom. The van der Waals surface area contributed by atoms with Crippen LogP contribution in [-0.2, 0) is 26.0 Å². The summed E-state index contributed by atoms with van der Waals surface area (Å²) in [5, 5.41) is 0. The summed E-state index contributed by atoms with van der Waals surface area (Å²) in [6.45, 7) is 3.75. The first-order chi connectivity index (χ1) is 11.4. The lowest BCUT2D eigenvalue weighted by Gasteiger charge is -2.17. The third-order valence-electron chi connectivity index (χ3n) is 3.48. The van der Waals surface area contributed by atoms with Gasteiger partial charge in [-0.3, -0.25) is 4.79 Å². The van der Waals surface area contributed by atoms with Crippen LogP contribution in [0.5, 0.6) is 0 Å². The van der Waals surface area contributed by atoms with Gasteiger partial charge >= 0.3 is 5.97 Å². The van der Waals surface area contributed by atoms with Gasteiger partial charge in [-0.25, -0.2) is 8.42 Å². The lowest BCUT2D eigenvalue weighted by atomic mass is 10.1. The minimum Gasteiger partial charge on any atom is -0.465 e. The predicted molar refractivity (Wildman–Crippen MR) is 92.1 cm³/mol. The molecule has 6 heteroatoms. The molecule has 1 N–H and O–H groups in total. The van der Waals surface area contributed by atoms with E-state index in [9.17, 15) is 13.2 Å². The van der Waals surface area contributed by atoms with E-state index in [1.54, 1.807) is 19.1 Å². The molecule has 2 aromatic rings. The first-order valence-corrected chi connectivity index (χ1v) is 9.20. The van der Waals surface area contributed by atoms with E-state index in [1.165, 1.54) is 12.1 Å². The van der Waals surface area contributed by atoms with Gasteiger partial charge in [-0.15, -0.1) is 0 Å². The van der Waals surface area contributed by atoms with Crippen molar-refractivity contribution >= 4 is 16.0 Å². The number of nitrogens with one attached hydrogen (secondary N) is 1. The topological polar surface area (TPSA) is 72.5 Å². The van der Waals surface area contributed by atoms with Crippen LogP contribution in [0.15, 0.2) is 59.5 Å². The Morgan fingerprint density at radius 3 is 2.29 bits per heavy atom. The van der Waals surface area contributed by atoms with Crippen molar-refractivity contribution in [1.82, 2.24) is 4.72 Å². The fourth-order valence-corrected chi connectivity index (χ4v) is 3.42. The Balaban J connectivity index is 2.23. The highest BCUT2D eigenvalue weighted by Gasteiger charge is 2.27. The highest BCUT2D eigenvalue weighted by molar-refractivity contribution is 7.89. The molecule has 0 aliphatic heterocycles. The molecule has 0 heterocycles. The van der Waals surface area contributed by atoms with Crippen LogP contribution in [0.1, 0.15) is 18.1 Å². The van der Waals surface area contributed by atoms with Crippen molar-refractivity contribution in [2.75, 3.05) is 6.61 Å². The minimum atomic E-state index is -3.81. The molecular formula is C18H21NO4S. The first-order valence-electron chi connectivity index (χ1n) is 7.72. The van der Waals surface area contributed by atoms with Gasteiger partial charge in [0.1, 0.15) is 6.04 Å². The Kier molecular flexibility index (Phi) is 6.11. The zero-order valence-electron chi connectivity index (χ0n) is 13.7. The highest BCUT2D eigenvalue weighted by atomic mass is 32.2. The highest BCUT2D eigenvalue weighted by Crippen LogP contribution is 2.13. The lowest BCUT2D eigenvalue weighted by Crippen LogP contribution is -2.43. The van der Waals surface area contributed by atoms with Gasteiger partial charge in [0, 0.05) is 0 Å². The quantitative estimate of drug-likeness (QED) is 0.781. The fourth-order valence-electron chi connectivity index (χ4n) is 2.24. The molecule has 0 aliphatic carbocycles. The van der Waals surface area contributed by atoms with E-state index in [1.807, 2.05) is 37.3 Å². The van der Waals surface area contributed by atoms with Crippen LogP contribution in [0.2, 0.25) is 0 Å². The molecule has 0 spiro atoms. The number of sulfonamides is 1. The minimum absolute atomic E-state index is 0.121. The molecule has 0 unspecified atom stereocenters. The summed E-state index contributed by atoms with van der Waals surface area (Å²) in [6.07, 6.45) is 0.227. The van der Waals surface area contributed by atoms with Crippen LogP contribution < -0.4 is 4.72 Å². The molecule has 128 valence electrons. The van der Waals surface area contributed by atoms with Crippen LogP contribution in [-0.4, -0.2) is 27.0 Å². The molecule has 0 radical (unpaired) electrons. The number of aryl methyl sites for hydroxylation is 1. The number of esters is 1. The number of hydrogen-bond acceptors (Lipinski definition) is 4. The summed E-state index contributed by atoms with van der Waals surface area (Å²) in [4.78, 5) is 12.3. The molecule has 2 rings (SSSR count). The van der Waals surface area contributed by atoms with E-state index in [0.717, 1.165) is 11.1 Å². The number of carbonyl (C=O) groups is 1. The van der Waals surface area contributed by atoms with Gasteiger partial charge in [-0.1, -0.05) is 48.0 Å². The van der Waals surface area contributed by atoms with Gasteiger partial charge in [0.05, 0.1) is 11.5 Å². The van der Waals surface area contributed by atoms with E-state index in [-0.39, 0.29) is 17.9 Å². The number of benzene rings is 2. The van der Waals surface area contributed by atoms with E-state index >= 15 is 0 Å². The van der Waals surface area contributed by atoms with Crippen molar-refractivity contribution in [3.63, 3.8) is 0 Å². The van der Waals surface area contributed by atoms with Gasteiger partial charge in [0.25, 0.3) is 0 Å². The number of ether oxygens (including phenoxy) is 1. The molecule has 0 saturated heterocycles. The van der Waals surface area contributed by atoms with Crippen LogP contribution in [0, 0.1) is 6.92 Å². The largest absolute Gasteiger partial charge is 0.465 e. The van der Waals surface area contributed by atoms with Crippen LogP contribution in [0.3, 0.4) is 0 Å². The van der Waals surface area contributed by atoms with Crippen molar-refractivity contribution in [2.24, 2.45) is 0 Å². The van der Waals surface area contributed by atoms with Crippen molar-refractivity contribution in [2.45, 2.75) is 31.2 Å². The van der Waals surface area contributed by atoms with Crippen molar-refractivity contribution in [3.8, 4) is 0 Å². The lowest BCUT2D eigenvalue weighted by molar-refractivity contribution is -0.145. The van der Waals surface area contributed by atoms with E-state index in [0.29, 0.717) is 0 Å². The Hall–Kier alpha value is -2.18. The zero-order chi connectivity index (χ0) is 17.6. The molecule has 0 aromatic heterocycles. The third kappa shape index (κ3) is 4.91. The maximum Gasteiger partial charge on any atom is 0.324 e. The number of rotatable bonds is 7. The van der Waals surface area contributed by atoms with Gasteiger partial charge < -0.3 is 4.74 Å². The van der Waals surface area contributed by atoms with Crippen molar-refractivity contribution < 1.29 is 17.9 Å². The van der Waals surface area contributed by atoms with Crippen LogP contribution in [0.25, 0.3) is 0 Å². The summed E-state index contributed by atoms with van der Waals surface area (Å²) in [5.41, 5.74) is 1.81. The number of carbonyl (C=O) groups excluding carboxylic acids is 1. The number of hydrogen-bond donors (Lipinski definition) is 1. The van der Waals surface area contributed by atoms with Crippen LogP contribution in [0.4, 0.5) is 0 Å². The molecular weight excluding hydrogens is 326 g/mol. The molecule has 0 fully saturated rings. The van der Waals surface area contributed by atoms with Crippen LogP contribution >= 0.6 is 0 Å². The molecule has 2 aromatic carbocycles. The van der Waals surface area contributed by atoms with Crippen molar-refractivity contribution in [1.29, 1.82) is 0 Å². The van der Waals surface area contributed by atoms with Gasteiger partial charge in [-0.05, 0) is 38.0 Å². The summed E-state index contributed by atoms with van der Waals surface area (Å²) < 4.78 is 32.5. The second-order valence-electron chi connectivity index (χ2n) is 5.43. The van der Waals surface area contributed by atoms with Gasteiger partial charge in [-0.2, -0.15) is 4.72 Å². The maximum absolute atomic E-state index is 12.5. The third-order valence-corrected chi connectivity index (χ3v) is 4.97. The normalized spacial score (nSPS) is 12.6. The standard InChI is InChI=1S/C18H21NO4S/c1-3-23-18(20)17(13-15-7-5-4-6-8-15)19-24(21,22)16-11-9-14(2)10-12-16/h4-12,17,19H,3,13H2,1-2H3/t17-/m0/s1. The summed E-state index contributed by atoms with van der Waals surface area (Å²) in [6, 6.07) is 14.7. The first kappa shape index (κ1) is 18.2. The molecule has 5 nitrogen and oxygen atoms in total. The average molecular weight is 347 g/mol. The summed E-state index contributed by atoms with van der Waals surface area (Å²) in [5.74, 6) is -0.586. The van der Waals surface area contributed by atoms with E-state index < -0.39 is 22.0 Å². The average Bonchev–Trinajstić information content (AvgIpc) is 2.55. The Bertz CT molecular complexity index is 770. The summed E-state index contributed by atoms with van der Waals surface area (Å²) in [7, 11) is -3.81. The molecule has 0 bridgehead atoms. The Labute approximate surface area is 142 Å². The SMILES string of the molecule is CCOC(=O)[C@H](Cc1ccccc1)NS(=O)(=O)c1ccc(C)cc1. The molecule has 0 aliphatic rings. The zero-order valence-corrected chi connectivity index (χ0v) is 14.5. The van der Waals surface area contributed by atoms with Gasteiger partial charge in [0.2, 0.25) is 10.0 Å². The molecule has 24 heavy (non-hydrogen) atoms. The second kappa shape index (κ2) is 8.08.